The summed E-state index contributed by atoms with van der Waals surface area (Å²) in [6.45, 7) is 0. The molecule has 85 valence electrons. The van der Waals surface area contributed by atoms with Crippen molar-refractivity contribution in [2.24, 2.45) is 0 Å². The van der Waals surface area contributed by atoms with E-state index >= 15 is 0 Å². The lowest BCUT2D eigenvalue weighted by atomic mass is 10.0. The van der Waals surface area contributed by atoms with Crippen LogP contribution >= 0.6 is 0 Å². The molecule has 0 N–H and O–H groups in total. The number of hydrogen-bond donors (Lipinski definition) is 0. The first kappa shape index (κ1) is 11.6. The van der Waals surface area contributed by atoms with Gasteiger partial charge < -0.3 is 0 Å². The van der Waals surface area contributed by atoms with Crippen molar-refractivity contribution in [2.75, 3.05) is 0 Å². The average molecular weight is 223 g/mol. The standard InChI is InChI=1S/C16H15O/c17-16(13-15-9-5-2-6-10-15)12-11-14-7-3-1-4-8-14/h1-10,12H,11,13H2. The lowest BCUT2D eigenvalue weighted by molar-refractivity contribution is -0.115. The third kappa shape index (κ3) is 3.87. The van der Waals surface area contributed by atoms with Gasteiger partial charge in [0.05, 0.1) is 0 Å². The third-order valence-electron chi connectivity index (χ3n) is 2.63. The number of ketones is 1. The summed E-state index contributed by atoms with van der Waals surface area (Å²) in [7, 11) is 0. The molecule has 0 aromatic heterocycles. The van der Waals surface area contributed by atoms with E-state index in [-0.39, 0.29) is 5.78 Å². The van der Waals surface area contributed by atoms with Crippen LogP contribution in [-0.2, 0) is 17.6 Å². The summed E-state index contributed by atoms with van der Waals surface area (Å²) in [6.07, 6.45) is 2.97. The summed E-state index contributed by atoms with van der Waals surface area (Å²) in [6, 6.07) is 19.9. The molecule has 17 heavy (non-hydrogen) atoms. The largest absolute Gasteiger partial charge is 0.299 e. The first-order chi connectivity index (χ1) is 8.34. The zero-order valence-corrected chi connectivity index (χ0v) is 9.67. The lowest BCUT2D eigenvalue weighted by Gasteiger charge is -2.01. The van der Waals surface area contributed by atoms with E-state index in [1.54, 1.807) is 6.42 Å². The summed E-state index contributed by atoms with van der Waals surface area (Å²) in [5.41, 5.74) is 2.25. The molecule has 2 aromatic carbocycles. The fraction of sp³-hybridized carbons (Fsp3) is 0.125. The quantitative estimate of drug-likeness (QED) is 0.760. The summed E-state index contributed by atoms with van der Waals surface area (Å²) < 4.78 is 0. The van der Waals surface area contributed by atoms with E-state index in [2.05, 4.69) is 0 Å². The average Bonchev–Trinajstić information content (AvgIpc) is 2.39. The molecule has 0 atom stereocenters. The Morgan fingerprint density at radius 2 is 1.35 bits per heavy atom. The summed E-state index contributed by atoms with van der Waals surface area (Å²) >= 11 is 0. The predicted octanol–water partition coefficient (Wildman–Crippen LogP) is 3.25. The van der Waals surface area contributed by atoms with Crippen molar-refractivity contribution in [3.05, 3.63) is 78.2 Å². The van der Waals surface area contributed by atoms with Gasteiger partial charge in [-0.05, 0) is 17.5 Å². The topological polar surface area (TPSA) is 17.1 Å². The van der Waals surface area contributed by atoms with Crippen LogP contribution in [0.15, 0.2) is 60.7 Å². The highest BCUT2D eigenvalue weighted by Crippen LogP contribution is 2.05. The first-order valence-corrected chi connectivity index (χ1v) is 5.78. The molecule has 2 rings (SSSR count). The van der Waals surface area contributed by atoms with Gasteiger partial charge in [0.25, 0.3) is 0 Å². The van der Waals surface area contributed by atoms with Crippen LogP contribution in [0, 0.1) is 6.42 Å². The lowest BCUT2D eigenvalue weighted by Crippen LogP contribution is -2.05. The Kier molecular flexibility index (Phi) is 4.09. The van der Waals surface area contributed by atoms with Crippen LogP contribution in [-0.4, -0.2) is 5.78 Å². The highest BCUT2D eigenvalue weighted by Gasteiger charge is 2.04. The molecule has 0 aliphatic heterocycles. The van der Waals surface area contributed by atoms with Gasteiger partial charge in [-0.25, -0.2) is 0 Å². The second-order valence-corrected chi connectivity index (χ2v) is 4.02. The van der Waals surface area contributed by atoms with Gasteiger partial charge in [0.15, 0.2) is 0 Å². The molecule has 1 heteroatoms. The molecule has 0 aliphatic carbocycles. The van der Waals surface area contributed by atoms with E-state index in [4.69, 9.17) is 0 Å². The Morgan fingerprint density at radius 1 is 0.824 bits per heavy atom. The van der Waals surface area contributed by atoms with Crippen LogP contribution in [0.25, 0.3) is 0 Å². The number of benzene rings is 2. The minimum absolute atomic E-state index is 0.181. The van der Waals surface area contributed by atoms with Crippen LogP contribution < -0.4 is 0 Å². The second-order valence-electron chi connectivity index (χ2n) is 4.02. The van der Waals surface area contributed by atoms with E-state index < -0.39 is 0 Å². The van der Waals surface area contributed by atoms with Gasteiger partial charge in [-0.2, -0.15) is 0 Å². The van der Waals surface area contributed by atoms with Gasteiger partial charge in [0.1, 0.15) is 5.78 Å². The first-order valence-electron chi connectivity index (χ1n) is 5.78. The van der Waals surface area contributed by atoms with E-state index in [0.29, 0.717) is 12.8 Å². The normalized spacial score (nSPS) is 10.1. The Labute approximate surface area is 102 Å². The minimum Gasteiger partial charge on any atom is -0.299 e. The van der Waals surface area contributed by atoms with E-state index in [0.717, 1.165) is 5.56 Å². The van der Waals surface area contributed by atoms with Crippen molar-refractivity contribution >= 4 is 5.78 Å². The van der Waals surface area contributed by atoms with Crippen molar-refractivity contribution in [1.82, 2.24) is 0 Å². The van der Waals surface area contributed by atoms with Crippen molar-refractivity contribution in [3.8, 4) is 0 Å². The highest BCUT2D eigenvalue weighted by molar-refractivity contribution is 5.89. The molecule has 0 spiro atoms. The summed E-state index contributed by atoms with van der Waals surface area (Å²) in [5.74, 6) is 0.181. The van der Waals surface area contributed by atoms with Gasteiger partial charge in [0.2, 0.25) is 0 Å². The van der Waals surface area contributed by atoms with Gasteiger partial charge in [-0.1, -0.05) is 60.7 Å². The summed E-state index contributed by atoms with van der Waals surface area (Å²) in [5, 5.41) is 0. The van der Waals surface area contributed by atoms with Crippen LogP contribution in [0.2, 0.25) is 0 Å². The highest BCUT2D eigenvalue weighted by atomic mass is 16.1. The Bertz CT molecular complexity index is 459. The number of rotatable bonds is 5. The van der Waals surface area contributed by atoms with E-state index in [9.17, 15) is 4.79 Å². The minimum atomic E-state index is 0.181. The predicted molar refractivity (Wildman–Crippen MR) is 69.6 cm³/mol. The maximum absolute atomic E-state index is 11.7. The summed E-state index contributed by atoms with van der Waals surface area (Å²) in [4.78, 5) is 11.7. The number of carbonyl (C=O) groups excluding carboxylic acids is 1. The SMILES string of the molecule is O=C([CH]Cc1ccccc1)Cc1ccccc1. The molecule has 0 amide bonds. The van der Waals surface area contributed by atoms with E-state index in [1.165, 1.54) is 5.56 Å². The van der Waals surface area contributed by atoms with Crippen molar-refractivity contribution in [3.63, 3.8) is 0 Å². The zero-order valence-electron chi connectivity index (χ0n) is 9.67. The van der Waals surface area contributed by atoms with Gasteiger partial charge >= 0.3 is 0 Å². The molecule has 0 unspecified atom stereocenters. The smallest absolute Gasteiger partial charge is 0.141 e. The zero-order chi connectivity index (χ0) is 11.9. The monoisotopic (exact) mass is 223 g/mol. The molecule has 0 saturated carbocycles. The molecular formula is C16H15O. The van der Waals surface area contributed by atoms with Crippen molar-refractivity contribution in [2.45, 2.75) is 12.8 Å². The molecule has 0 bridgehead atoms. The molecule has 2 aromatic rings. The number of hydrogen-bond acceptors (Lipinski definition) is 1. The Morgan fingerprint density at radius 3 is 1.94 bits per heavy atom. The number of Topliss-reactive ketones (excluding diaryl/α,β-unsaturated/α-hetero) is 1. The Hall–Kier alpha value is -1.89. The fourth-order valence-corrected chi connectivity index (χ4v) is 1.71. The Balaban J connectivity index is 1.83. The third-order valence-corrected chi connectivity index (χ3v) is 2.63. The molecule has 0 fully saturated rings. The number of carbonyl (C=O) groups is 1. The van der Waals surface area contributed by atoms with Gasteiger partial charge in [0, 0.05) is 12.8 Å². The van der Waals surface area contributed by atoms with Crippen LogP contribution in [0.1, 0.15) is 11.1 Å². The van der Waals surface area contributed by atoms with Crippen LogP contribution in [0.5, 0.6) is 0 Å². The maximum Gasteiger partial charge on any atom is 0.141 e. The second kappa shape index (κ2) is 6.00. The maximum atomic E-state index is 11.7. The van der Waals surface area contributed by atoms with Gasteiger partial charge in [-0.15, -0.1) is 0 Å². The fourth-order valence-electron chi connectivity index (χ4n) is 1.71. The van der Waals surface area contributed by atoms with Crippen molar-refractivity contribution in [1.29, 1.82) is 0 Å². The van der Waals surface area contributed by atoms with Gasteiger partial charge in [-0.3, -0.25) is 4.79 Å². The molecular weight excluding hydrogens is 208 g/mol. The molecule has 0 heterocycles. The molecule has 0 aliphatic rings. The van der Waals surface area contributed by atoms with Crippen molar-refractivity contribution < 1.29 is 4.79 Å². The molecule has 1 nitrogen and oxygen atoms in total. The van der Waals surface area contributed by atoms with Crippen LogP contribution in [0.3, 0.4) is 0 Å². The molecule has 0 saturated heterocycles. The molecule has 1 radical (unpaired) electrons. The van der Waals surface area contributed by atoms with E-state index in [1.807, 2.05) is 60.7 Å². The van der Waals surface area contributed by atoms with Crippen LogP contribution in [0.4, 0.5) is 0 Å².